The summed E-state index contributed by atoms with van der Waals surface area (Å²) >= 11 is 0. The standard InChI is InChI=1S/C15H16O2/c1-17-15-10-9-12(6-4-5-11-16)13-7-2-3-8-14(13)15/h2-4,6-10,16H,5,11H2,1H3. The maximum Gasteiger partial charge on any atom is 0.126 e. The number of aliphatic hydroxyl groups excluding tert-OH is 1. The van der Waals surface area contributed by atoms with Gasteiger partial charge >= 0.3 is 0 Å². The molecule has 2 nitrogen and oxygen atoms in total. The fourth-order valence-corrected chi connectivity index (χ4v) is 1.90. The minimum absolute atomic E-state index is 0.185. The van der Waals surface area contributed by atoms with Crippen molar-refractivity contribution in [1.82, 2.24) is 0 Å². The third-order valence-electron chi connectivity index (χ3n) is 2.73. The number of methoxy groups -OCH3 is 1. The molecule has 0 aliphatic heterocycles. The van der Waals surface area contributed by atoms with E-state index in [0.717, 1.165) is 16.7 Å². The van der Waals surface area contributed by atoms with Gasteiger partial charge in [0, 0.05) is 12.0 Å². The Balaban J connectivity index is 2.51. The van der Waals surface area contributed by atoms with Crippen LogP contribution in [0, 0.1) is 0 Å². The van der Waals surface area contributed by atoms with Crippen LogP contribution in [0.25, 0.3) is 16.8 Å². The van der Waals surface area contributed by atoms with Crippen molar-refractivity contribution in [2.24, 2.45) is 0 Å². The van der Waals surface area contributed by atoms with E-state index in [-0.39, 0.29) is 6.61 Å². The lowest BCUT2D eigenvalue weighted by atomic mass is 10.0. The summed E-state index contributed by atoms with van der Waals surface area (Å²) in [7, 11) is 1.68. The molecule has 0 unspecified atom stereocenters. The zero-order valence-electron chi connectivity index (χ0n) is 9.89. The summed E-state index contributed by atoms with van der Waals surface area (Å²) in [5.74, 6) is 0.889. The highest BCUT2D eigenvalue weighted by atomic mass is 16.5. The van der Waals surface area contributed by atoms with E-state index in [1.54, 1.807) is 7.11 Å². The molecule has 0 aromatic heterocycles. The minimum atomic E-state index is 0.185. The molecule has 0 spiro atoms. The van der Waals surface area contributed by atoms with Crippen molar-refractivity contribution in [3.63, 3.8) is 0 Å². The van der Waals surface area contributed by atoms with Gasteiger partial charge in [-0.1, -0.05) is 42.5 Å². The predicted molar refractivity (Wildman–Crippen MR) is 71.2 cm³/mol. The van der Waals surface area contributed by atoms with Crippen molar-refractivity contribution < 1.29 is 9.84 Å². The molecule has 0 amide bonds. The Bertz CT molecular complexity index is 529. The van der Waals surface area contributed by atoms with Crippen LogP contribution < -0.4 is 4.74 Å². The van der Waals surface area contributed by atoms with Crippen molar-refractivity contribution >= 4 is 16.8 Å². The van der Waals surface area contributed by atoms with Crippen LogP contribution in [0.15, 0.2) is 42.5 Å². The van der Waals surface area contributed by atoms with Crippen molar-refractivity contribution in [1.29, 1.82) is 0 Å². The zero-order chi connectivity index (χ0) is 12.1. The predicted octanol–water partition coefficient (Wildman–Crippen LogP) is 3.24. The molecule has 2 rings (SSSR count). The van der Waals surface area contributed by atoms with Crippen molar-refractivity contribution in [2.45, 2.75) is 6.42 Å². The molecule has 0 aliphatic rings. The summed E-state index contributed by atoms with van der Waals surface area (Å²) < 4.78 is 5.34. The maximum atomic E-state index is 8.77. The van der Waals surface area contributed by atoms with Crippen LogP contribution >= 0.6 is 0 Å². The van der Waals surface area contributed by atoms with Gasteiger partial charge in [-0.05, 0) is 23.4 Å². The van der Waals surface area contributed by atoms with Crippen LogP contribution in [0.4, 0.5) is 0 Å². The smallest absolute Gasteiger partial charge is 0.126 e. The van der Waals surface area contributed by atoms with Gasteiger partial charge in [0.05, 0.1) is 7.11 Å². The topological polar surface area (TPSA) is 29.5 Å². The van der Waals surface area contributed by atoms with Crippen LogP contribution in [0.2, 0.25) is 0 Å². The molecule has 2 heteroatoms. The van der Waals surface area contributed by atoms with Crippen molar-refractivity contribution in [2.75, 3.05) is 13.7 Å². The van der Waals surface area contributed by atoms with E-state index in [2.05, 4.69) is 12.1 Å². The Kier molecular flexibility index (Phi) is 3.78. The largest absolute Gasteiger partial charge is 0.496 e. The van der Waals surface area contributed by atoms with Gasteiger partial charge in [-0.15, -0.1) is 0 Å². The van der Waals surface area contributed by atoms with Crippen molar-refractivity contribution in [3.05, 3.63) is 48.0 Å². The quantitative estimate of drug-likeness (QED) is 0.870. The highest BCUT2D eigenvalue weighted by Gasteiger charge is 2.03. The van der Waals surface area contributed by atoms with E-state index < -0.39 is 0 Å². The number of hydrogen-bond acceptors (Lipinski definition) is 2. The van der Waals surface area contributed by atoms with Crippen LogP contribution in [-0.2, 0) is 0 Å². The first-order valence-corrected chi connectivity index (χ1v) is 5.70. The number of benzene rings is 2. The minimum Gasteiger partial charge on any atom is -0.496 e. The van der Waals surface area contributed by atoms with E-state index in [1.165, 1.54) is 5.39 Å². The van der Waals surface area contributed by atoms with Gasteiger partial charge in [0.1, 0.15) is 5.75 Å². The third kappa shape index (κ3) is 2.48. The molecule has 0 bridgehead atoms. The number of aliphatic hydroxyl groups is 1. The van der Waals surface area contributed by atoms with E-state index in [1.807, 2.05) is 36.4 Å². The second-order valence-corrected chi connectivity index (χ2v) is 3.82. The Hall–Kier alpha value is -1.80. The summed E-state index contributed by atoms with van der Waals surface area (Å²) in [6.45, 7) is 0.185. The van der Waals surface area contributed by atoms with Crippen molar-refractivity contribution in [3.8, 4) is 5.75 Å². The summed E-state index contributed by atoms with van der Waals surface area (Å²) in [6, 6.07) is 12.2. The average molecular weight is 228 g/mol. The number of hydrogen-bond donors (Lipinski definition) is 1. The molecule has 0 saturated carbocycles. The Morgan fingerprint density at radius 2 is 1.88 bits per heavy atom. The third-order valence-corrected chi connectivity index (χ3v) is 2.73. The van der Waals surface area contributed by atoms with E-state index in [4.69, 9.17) is 9.84 Å². The monoisotopic (exact) mass is 228 g/mol. The number of fused-ring (bicyclic) bond motifs is 1. The highest BCUT2D eigenvalue weighted by molar-refractivity contribution is 5.94. The first-order chi connectivity index (χ1) is 8.36. The lowest BCUT2D eigenvalue weighted by Crippen LogP contribution is -1.86. The molecule has 0 atom stereocenters. The molecule has 2 aromatic rings. The normalized spacial score (nSPS) is 11.2. The second-order valence-electron chi connectivity index (χ2n) is 3.82. The summed E-state index contributed by atoms with van der Waals surface area (Å²) in [4.78, 5) is 0. The molecule has 0 fully saturated rings. The molecule has 0 saturated heterocycles. The number of rotatable bonds is 4. The molecular weight excluding hydrogens is 212 g/mol. The van der Waals surface area contributed by atoms with Gasteiger partial charge in [-0.25, -0.2) is 0 Å². The van der Waals surface area contributed by atoms with Gasteiger partial charge in [-0.3, -0.25) is 0 Å². The molecule has 0 aliphatic carbocycles. The lowest BCUT2D eigenvalue weighted by Gasteiger charge is -2.07. The van der Waals surface area contributed by atoms with Gasteiger partial charge < -0.3 is 9.84 Å². The Morgan fingerprint density at radius 3 is 2.59 bits per heavy atom. The molecule has 1 N–H and O–H groups in total. The van der Waals surface area contributed by atoms with E-state index in [9.17, 15) is 0 Å². The second kappa shape index (κ2) is 5.51. The summed E-state index contributed by atoms with van der Waals surface area (Å²) in [6.07, 6.45) is 4.70. The molecule has 17 heavy (non-hydrogen) atoms. The summed E-state index contributed by atoms with van der Waals surface area (Å²) in [5.41, 5.74) is 1.15. The van der Waals surface area contributed by atoms with Gasteiger partial charge in [0.25, 0.3) is 0 Å². The van der Waals surface area contributed by atoms with Gasteiger partial charge in [0.2, 0.25) is 0 Å². The van der Waals surface area contributed by atoms with Gasteiger partial charge in [0.15, 0.2) is 0 Å². The van der Waals surface area contributed by atoms with E-state index >= 15 is 0 Å². The zero-order valence-corrected chi connectivity index (χ0v) is 9.89. The van der Waals surface area contributed by atoms with Gasteiger partial charge in [-0.2, -0.15) is 0 Å². The Morgan fingerprint density at radius 1 is 1.12 bits per heavy atom. The number of ether oxygens (including phenoxy) is 1. The molecule has 0 radical (unpaired) electrons. The fourth-order valence-electron chi connectivity index (χ4n) is 1.90. The van der Waals surface area contributed by atoms with Crippen LogP contribution in [0.5, 0.6) is 5.75 Å². The van der Waals surface area contributed by atoms with Crippen LogP contribution in [-0.4, -0.2) is 18.8 Å². The highest BCUT2D eigenvalue weighted by Crippen LogP contribution is 2.28. The van der Waals surface area contributed by atoms with E-state index in [0.29, 0.717) is 6.42 Å². The Labute approximate surface area is 101 Å². The summed E-state index contributed by atoms with van der Waals surface area (Å²) in [5, 5.41) is 11.0. The SMILES string of the molecule is COc1ccc(C=CCCO)c2ccccc12. The molecule has 2 aromatic carbocycles. The first-order valence-electron chi connectivity index (χ1n) is 5.70. The molecule has 0 heterocycles. The molecule has 88 valence electrons. The average Bonchev–Trinajstić information content (AvgIpc) is 2.39. The van der Waals surface area contributed by atoms with Crippen LogP contribution in [0.3, 0.4) is 0 Å². The molecular formula is C15H16O2. The lowest BCUT2D eigenvalue weighted by molar-refractivity contribution is 0.303. The van der Waals surface area contributed by atoms with Crippen LogP contribution in [0.1, 0.15) is 12.0 Å². The maximum absolute atomic E-state index is 8.77. The fraction of sp³-hybridized carbons (Fsp3) is 0.200. The first kappa shape index (κ1) is 11.7.